The number of methoxy groups -OCH3 is 2. The van der Waals surface area contributed by atoms with E-state index >= 15 is 0 Å². The molecule has 0 atom stereocenters. The summed E-state index contributed by atoms with van der Waals surface area (Å²) in [5, 5.41) is 0. The van der Waals surface area contributed by atoms with Crippen molar-refractivity contribution in [2.24, 2.45) is 0 Å². The van der Waals surface area contributed by atoms with Crippen molar-refractivity contribution in [3.8, 4) is 22.6 Å². The molecule has 0 heterocycles. The minimum Gasteiger partial charge on any atom is -0.493 e. The minimum absolute atomic E-state index is 0. The molecule has 2 rings (SSSR count). The van der Waals surface area contributed by atoms with Crippen molar-refractivity contribution < 1.29 is 9.47 Å². The van der Waals surface area contributed by atoms with E-state index < -0.39 is 0 Å². The molecule has 0 unspecified atom stereocenters. The highest BCUT2D eigenvalue weighted by Crippen LogP contribution is 2.37. The molecule has 86 valence electrons. The molecule has 4 radical (unpaired) electrons. The van der Waals surface area contributed by atoms with Crippen LogP contribution < -0.4 is 9.47 Å². The molecule has 0 N–H and O–H groups in total. The van der Waals surface area contributed by atoms with E-state index in [0.717, 1.165) is 22.6 Å². The van der Waals surface area contributed by atoms with Crippen molar-refractivity contribution in [3.05, 3.63) is 48.5 Å². The summed E-state index contributed by atoms with van der Waals surface area (Å²) in [5.41, 5.74) is 2.17. The number of hydrogen-bond acceptors (Lipinski definition) is 2. The molecule has 2 aromatic rings. The van der Waals surface area contributed by atoms with Crippen LogP contribution in [-0.2, 0) is 0 Å². The van der Waals surface area contributed by atoms with Gasteiger partial charge in [0.2, 0.25) is 0 Å². The predicted molar refractivity (Wildman–Crippen MR) is 70.7 cm³/mol. The quantitative estimate of drug-likeness (QED) is 0.770. The summed E-state index contributed by atoms with van der Waals surface area (Å²) in [5.74, 6) is 1.53. The van der Waals surface area contributed by atoms with Gasteiger partial charge in [0.05, 0.1) is 14.2 Å². The third-order valence-corrected chi connectivity index (χ3v) is 2.49. The summed E-state index contributed by atoms with van der Waals surface area (Å²) < 4.78 is 10.7. The van der Waals surface area contributed by atoms with Crippen LogP contribution in [0.2, 0.25) is 0 Å². The van der Waals surface area contributed by atoms with Gasteiger partial charge in [0, 0.05) is 16.5 Å². The van der Waals surface area contributed by atoms with E-state index in [4.69, 9.17) is 9.47 Å². The average Bonchev–Trinajstić information content (AvgIpc) is 2.38. The Balaban J connectivity index is 0.00000144. The number of ether oxygens (including phenoxy) is 2. The maximum absolute atomic E-state index is 5.40. The maximum Gasteiger partial charge on any atom is 0.168 e. The molecule has 0 aliphatic rings. The van der Waals surface area contributed by atoms with Crippen LogP contribution >= 0.6 is 0 Å². The number of benzene rings is 2. The van der Waals surface area contributed by atoms with Gasteiger partial charge < -0.3 is 9.47 Å². The van der Waals surface area contributed by atoms with Gasteiger partial charge in [-0.1, -0.05) is 42.5 Å². The van der Waals surface area contributed by atoms with E-state index in [0.29, 0.717) is 0 Å². The second kappa shape index (κ2) is 6.11. The highest BCUT2D eigenvalue weighted by Gasteiger charge is 2.10. The zero-order valence-corrected chi connectivity index (χ0v) is 10.9. The first kappa shape index (κ1) is 13.3. The summed E-state index contributed by atoms with van der Waals surface area (Å²) in [6, 6.07) is 16.0. The van der Waals surface area contributed by atoms with Crippen molar-refractivity contribution in [1.82, 2.24) is 0 Å². The molecule has 2 nitrogen and oxygen atoms in total. The van der Waals surface area contributed by atoms with Crippen LogP contribution in [0.1, 0.15) is 0 Å². The third-order valence-electron chi connectivity index (χ3n) is 2.49. The van der Waals surface area contributed by atoms with Crippen LogP contribution in [0.5, 0.6) is 11.5 Å². The Labute approximate surface area is 106 Å². The van der Waals surface area contributed by atoms with Gasteiger partial charge in [-0.15, -0.1) is 0 Å². The normalized spacial score (nSPS) is 9.29. The fourth-order valence-corrected chi connectivity index (χ4v) is 1.73. The molecule has 0 saturated heterocycles. The molecule has 0 bridgehead atoms. The van der Waals surface area contributed by atoms with Crippen molar-refractivity contribution >= 4 is 11.0 Å². The van der Waals surface area contributed by atoms with Crippen molar-refractivity contribution in [3.63, 3.8) is 0 Å². The van der Waals surface area contributed by atoms with Gasteiger partial charge >= 0.3 is 0 Å². The molecule has 0 spiro atoms. The molecule has 3 heteroatoms. The van der Waals surface area contributed by atoms with Crippen LogP contribution in [-0.4, -0.2) is 25.2 Å². The van der Waals surface area contributed by atoms with Crippen molar-refractivity contribution in [2.45, 2.75) is 0 Å². The summed E-state index contributed by atoms with van der Waals surface area (Å²) >= 11 is 0. The Bertz CT molecular complexity index is 469. The zero-order chi connectivity index (χ0) is 11.4. The third kappa shape index (κ3) is 2.68. The fraction of sp³-hybridized carbons (Fsp3) is 0.143. The van der Waals surface area contributed by atoms with Crippen LogP contribution in [0.25, 0.3) is 11.1 Å². The first-order valence-electron chi connectivity index (χ1n) is 5.13. The lowest BCUT2D eigenvalue weighted by Crippen LogP contribution is -1.92. The van der Waals surface area contributed by atoms with E-state index in [9.17, 15) is 0 Å². The predicted octanol–water partition coefficient (Wildman–Crippen LogP) is 2.99. The van der Waals surface area contributed by atoms with Crippen molar-refractivity contribution in [1.29, 1.82) is 0 Å². The van der Waals surface area contributed by atoms with Gasteiger partial charge in [0.15, 0.2) is 11.5 Å². The molecule has 0 amide bonds. The van der Waals surface area contributed by atoms with Gasteiger partial charge in [-0.25, -0.2) is 0 Å². The molecule has 2 aromatic carbocycles. The van der Waals surface area contributed by atoms with E-state index in [2.05, 4.69) is 12.1 Å². The summed E-state index contributed by atoms with van der Waals surface area (Å²) in [7, 11) is 3.30. The second-order valence-electron chi connectivity index (χ2n) is 3.41. The second-order valence-corrected chi connectivity index (χ2v) is 3.41. The molecule has 17 heavy (non-hydrogen) atoms. The zero-order valence-electron chi connectivity index (χ0n) is 9.94. The molecular weight excluding hydrogens is 228 g/mol. The molecule has 0 fully saturated rings. The summed E-state index contributed by atoms with van der Waals surface area (Å²) in [6.07, 6.45) is 0. The van der Waals surface area contributed by atoms with Crippen LogP contribution in [0.15, 0.2) is 48.5 Å². The monoisotopic (exact) mass is 242 g/mol. The van der Waals surface area contributed by atoms with Gasteiger partial charge in [0.25, 0.3) is 0 Å². The Hall–Kier alpha value is -1.74. The smallest absolute Gasteiger partial charge is 0.168 e. The lowest BCUT2D eigenvalue weighted by Gasteiger charge is -2.12. The lowest BCUT2D eigenvalue weighted by molar-refractivity contribution is 0.356. The van der Waals surface area contributed by atoms with E-state index in [1.54, 1.807) is 14.2 Å². The van der Waals surface area contributed by atoms with Crippen LogP contribution in [0, 0.1) is 0 Å². The fourth-order valence-electron chi connectivity index (χ4n) is 1.73. The van der Waals surface area contributed by atoms with Crippen LogP contribution in [0.4, 0.5) is 0 Å². The topological polar surface area (TPSA) is 18.5 Å². The largest absolute Gasteiger partial charge is 0.493 e. The van der Waals surface area contributed by atoms with Gasteiger partial charge in [0.1, 0.15) is 0 Å². The van der Waals surface area contributed by atoms with E-state index in [1.807, 2.05) is 36.4 Å². The van der Waals surface area contributed by atoms with E-state index in [-0.39, 0.29) is 11.0 Å². The molecule has 0 aliphatic heterocycles. The highest BCUT2D eigenvalue weighted by atomic mass is 28.1. The molecule has 0 saturated carbocycles. The highest BCUT2D eigenvalue weighted by molar-refractivity contribution is 5.75. The maximum atomic E-state index is 5.40. The Morgan fingerprint density at radius 1 is 0.765 bits per heavy atom. The van der Waals surface area contributed by atoms with Crippen LogP contribution in [0.3, 0.4) is 0 Å². The number of hydrogen-bond donors (Lipinski definition) is 0. The Morgan fingerprint density at radius 3 is 2.06 bits per heavy atom. The molecular formula is C14H14O2Si. The lowest BCUT2D eigenvalue weighted by atomic mass is 10.0. The molecule has 0 aromatic heterocycles. The number of rotatable bonds is 3. The summed E-state index contributed by atoms with van der Waals surface area (Å²) in [6.45, 7) is 0. The molecule has 0 aliphatic carbocycles. The first-order valence-corrected chi connectivity index (χ1v) is 5.13. The Morgan fingerprint density at radius 2 is 1.47 bits per heavy atom. The average molecular weight is 242 g/mol. The first-order chi connectivity index (χ1) is 7.86. The van der Waals surface area contributed by atoms with Gasteiger partial charge in [-0.2, -0.15) is 0 Å². The van der Waals surface area contributed by atoms with Crippen molar-refractivity contribution in [2.75, 3.05) is 14.2 Å². The van der Waals surface area contributed by atoms with E-state index in [1.165, 1.54) is 0 Å². The van der Waals surface area contributed by atoms with Gasteiger partial charge in [-0.3, -0.25) is 0 Å². The van der Waals surface area contributed by atoms with Gasteiger partial charge in [-0.05, 0) is 11.6 Å². The minimum atomic E-state index is 0. The summed E-state index contributed by atoms with van der Waals surface area (Å²) in [4.78, 5) is 0. The Kier molecular flexibility index (Phi) is 4.79. The standard InChI is InChI=1S/C14H14O2.Si/c1-15-13-10-6-9-12(14(13)16-2)11-7-4-3-5-8-11;/h3-10H,1-2H3;. The SMILES string of the molecule is COc1cccc(-c2ccccc2)c1OC.[Si]. The number of para-hydroxylation sites is 1.